The Morgan fingerprint density at radius 3 is 2.50 bits per heavy atom. The van der Waals surface area contributed by atoms with Gasteiger partial charge in [0.15, 0.2) is 0 Å². The Hall–Kier alpha value is -0.860. The van der Waals surface area contributed by atoms with E-state index < -0.39 is 0 Å². The quantitative estimate of drug-likeness (QED) is 0.799. The lowest BCUT2D eigenvalue weighted by Crippen LogP contribution is -2.40. The minimum atomic E-state index is 0.364. The van der Waals surface area contributed by atoms with Gasteiger partial charge >= 0.3 is 0 Å². The summed E-state index contributed by atoms with van der Waals surface area (Å²) in [5.74, 6) is 0. The second kappa shape index (κ2) is 5.85. The fourth-order valence-electron chi connectivity index (χ4n) is 2.51. The van der Waals surface area contributed by atoms with Crippen LogP contribution in [0.15, 0.2) is 24.3 Å². The summed E-state index contributed by atoms with van der Waals surface area (Å²) >= 11 is 0. The third kappa shape index (κ3) is 3.82. The van der Waals surface area contributed by atoms with Gasteiger partial charge in [0.2, 0.25) is 0 Å². The summed E-state index contributed by atoms with van der Waals surface area (Å²) < 4.78 is 5.14. The summed E-state index contributed by atoms with van der Waals surface area (Å²) in [7, 11) is 1.77. The molecule has 1 aromatic carbocycles. The molecule has 18 heavy (non-hydrogen) atoms. The van der Waals surface area contributed by atoms with E-state index in [4.69, 9.17) is 4.74 Å². The third-order valence-corrected chi connectivity index (χ3v) is 3.82. The van der Waals surface area contributed by atoms with Gasteiger partial charge in [-0.25, -0.2) is 0 Å². The Morgan fingerprint density at radius 2 is 1.94 bits per heavy atom. The van der Waals surface area contributed by atoms with Gasteiger partial charge in [-0.15, -0.1) is 0 Å². The van der Waals surface area contributed by atoms with E-state index in [0.717, 1.165) is 19.4 Å². The van der Waals surface area contributed by atoms with E-state index >= 15 is 0 Å². The van der Waals surface area contributed by atoms with Crippen LogP contribution >= 0.6 is 0 Å². The molecule has 0 aromatic heterocycles. The first-order chi connectivity index (χ1) is 8.63. The van der Waals surface area contributed by atoms with Crippen LogP contribution < -0.4 is 5.32 Å². The summed E-state index contributed by atoms with van der Waals surface area (Å²) in [6, 6.07) is 9.48. The van der Waals surface area contributed by atoms with Gasteiger partial charge < -0.3 is 10.1 Å². The molecule has 1 atom stereocenters. The zero-order valence-electron chi connectivity index (χ0n) is 11.8. The van der Waals surface area contributed by atoms with Crippen molar-refractivity contribution in [1.29, 1.82) is 0 Å². The highest BCUT2D eigenvalue weighted by Gasteiger charge is 2.42. The summed E-state index contributed by atoms with van der Waals surface area (Å²) in [6.45, 7) is 5.24. The Kier molecular flexibility index (Phi) is 4.41. The molecule has 0 spiro atoms. The lowest BCUT2D eigenvalue weighted by Gasteiger charge is -2.23. The number of nitrogens with one attached hydrogen (secondary N) is 1. The molecule has 0 unspecified atom stereocenters. The predicted octanol–water partition coefficient (Wildman–Crippen LogP) is 3.08. The molecule has 2 rings (SSSR count). The largest absolute Gasteiger partial charge is 0.385 e. The molecule has 1 aliphatic carbocycles. The zero-order valence-corrected chi connectivity index (χ0v) is 11.8. The summed E-state index contributed by atoms with van der Waals surface area (Å²) in [5, 5.41) is 3.79. The first-order valence-corrected chi connectivity index (χ1v) is 6.96. The van der Waals surface area contributed by atoms with Gasteiger partial charge in [-0.1, -0.05) is 29.8 Å². The minimum Gasteiger partial charge on any atom is -0.385 e. The number of ether oxygens (including phenoxy) is 1. The molecule has 1 fully saturated rings. The SMILES string of the molecule is COCC[C@@H](C)NC1(Cc2ccc(C)cc2)CC1. The summed E-state index contributed by atoms with van der Waals surface area (Å²) in [6.07, 6.45) is 4.85. The molecule has 1 saturated carbocycles. The normalized spacial score (nSPS) is 18.6. The first kappa shape index (κ1) is 13.6. The second-order valence-corrected chi connectivity index (χ2v) is 5.77. The van der Waals surface area contributed by atoms with Crippen molar-refractivity contribution < 1.29 is 4.74 Å². The van der Waals surface area contributed by atoms with E-state index in [1.807, 2.05) is 0 Å². The fourth-order valence-corrected chi connectivity index (χ4v) is 2.51. The number of rotatable bonds is 7. The molecular formula is C16H25NO. The van der Waals surface area contributed by atoms with Crippen molar-refractivity contribution >= 4 is 0 Å². The Morgan fingerprint density at radius 1 is 1.28 bits per heavy atom. The molecule has 100 valence electrons. The number of hydrogen-bond acceptors (Lipinski definition) is 2. The maximum atomic E-state index is 5.14. The monoisotopic (exact) mass is 247 g/mol. The molecule has 0 bridgehead atoms. The van der Waals surface area contributed by atoms with E-state index in [9.17, 15) is 0 Å². The predicted molar refractivity (Wildman–Crippen MR) is 75.9 cm³/mol. The van der Waals surface area contributed by atoms with Crippen LogP contribution in [0.3, 0.4) is 0 Å². The van der Waals surface area contributed by atoms with E-state index in [1.54, 1.807) is 7.11 Å². The molecule has 1 aliphatic rings. The van der Waals surface area contributed by atoms with Crippen molar-refractivity contribution in [1.82, 2.24) is 5.32 Å². The molecule has 0 saturated heterocycles. The van der Waals surface area contributed by atoms with Crippen molar-refractivity contribution in [2.24, 2.45) is 0 Å². The van der Waals surface area contributed by atoms with Crippen LogP contribution in [-0.4, -0.2) is 25.3 Å². The van der Waals surface area contributed by atoms with E-state index in [0.29, 0.717) is 11.6 Å². The van der Waals surface area contributed by atoms with E-state index in [1.165, 1.54) is 24.0 Å². The van der Waals surface area contributed by atoms with E-state index in [-0.39, 0.29) is 0 Å². The molecule has 0 heterocycles. The van der Waals surface area contributed by atoms with Crippen molar-refractivity contribution in [3.63, 3.8) is 0 Å². The van der Waals surface area contributed by atoms with Crippen molar-refractivity contribution in [3.05, 3.63) is 35.4 Å². The van der Waals surface area contributed by atoms with Crippen LogP contribution in [-0.2, 0) is 11.2 Å². The van der Waals surface area contributed by atoms with Gasteiger partial charge in [-0.3, -0.25) is 0 Å². The highest BCUT2D eigenvalue weighted by molar-refractivity contribution is 5.25. The van der Waals surface area contributed by atoms with Gasteiger partial charge in [0.05, 0.1) is 0 Å². The smallest absolute Gasteiger partial charge is 0.0476 e. The van der Waals surface area contributed by atoms with Crippen LogP contribution in [0.5, 0.6) is 0 Å². The molecule has 2 nitrogen and oxygen atoms in total. The molecular weight excluding hydrogens is 222 g/mol. The van der Waals surface area contributed by atoms with Gasteiger partial charge in [-0.2, -0.15) is 0 Å². The number of benzene rings is 1. The maximum Gasteiger partial charge on any atom is 0.0476 e. The first-order valence-electron chi connectivity index (χ1n) is 6.96. The number of hydrogen-bond donors (Lipinski definition) is 1. The molecule has 2 heteroatoms. The standard InChI is InChI=1S/C16H25NO/c1-13-4-6-15(7-5-13)12-16(9-10-16)17-14(2)8-11-18-3/h4-7,14,17H,8-12H2,1-3H3/t14-/m1/s1. The molecule has 0 radical (unpaired) electrons. The topological polar surface area (TPSA) is 21.3 Å². The van der Waals surface area contributed by atoms with Crippen LogP contribution in [0.4, 0.5) is 0 Å². The van der Waals surface area contributed by atoms with E-state index in [2.05, 4.69) is 43.4 Å². The highest BCUT2D eigenvalue weighted by atomic mass is 16.5. The summed E-state index contributed by atoms with van der Waals surface area (Å²) in [5.41, 5.74) is 3.15. The lowest BCUT2D eigenvalue weighted by atomic mass is 10.0. The molecule has 0 aliphatic heterocycles. The minimum absolute atomic E-state index is 0.364. The maximum absolute atomic E-state index is 5.14. The van der Waals surface area contributed by atoms with Crippen molar-refractivity contribution in [2.45, 2.75) is 51.1 Å². The van der Waals surface area contributed by atoms with Gasteiger partial charge in [0.1, 0.15) is 0 Å². The highest BCUT2D eigenvalue weighted by Crippen LogP contribution is 2.39. The third-order valence-electron chi connectivity index (χ3n) is 3.82. The van der Waals surface area contributed by atoms with Crippen LogP contribution in [0.2, 0.25) is 0 Å². The van der Waals surface area contributed by atoms with Crippen molar-refractivity contribution in [2.75, 3.05) is 13.7 Å². The van der Waals surface area contributed by atoms with Crippen LogP contribution in [0, 0.1) is 6.92 Å². The fraction of sp³-hybridized carbons (Fsp3) is 0.625. The van der Waals surface area contributed by atoms with Crippen molar-refractivity contribution in [3.8, 4) is 0 Å². The van der Waals surface area contributed by atoms with Crippen LogP contribution in [0.25, 0.3) is 0 Å². The molecule has 1 N–H and O–H groups in total. The lowest BCUT2D eigenvalue weighted by molar-refractivity contribution is 0.181. The molecule has 1 aromatic rings. The zero-order chi connectivity index (χ0) is 13.0. The Bertz CT molecular complexity index is 367. The Balaban J connectivity index is 1.86. The number of aryl methyl sites for hydroxylation is 1. The molecule has 0 amide bonds. The van der Waals surface area contributed by atoms with Gasteiger partial charge in [0, 0.05) is 25.3 Å². The van der Waals surface area contributed by atoms with Crippen LogP contribution in [0.1, 0.15) is 37.3 Å². The average Bonchev–Trinajstić information content (AvgIpc) is 3.09. The number of methoxy groups -OCH3 is 1. The van der Waals surface area contributed by atoms with Gasteiger partial charge in [0.25, 0.3) is 0 Å². The summed E-state index contributed by atoms with van der Waals surface area (Å²) in [4.78, 5) is 0. The average molecular weight is 247 g/mol. The Labute approximate surface area is 111 Å². The van der Waals surface area contributed by atoms with Gasteiger partial charge in [-0.05, 0) is 45.1 Å². The second-order valence-electron chi connectivity index (χ2n) is 5.77.